The van der Waals surface area contributed by atoms with E-state index in [4.69, 9.17) is 0 Å². The molecule has 0 radical (unpaired) electrons. The molecule has 0 amide bonds. The first-order valence-corrected chi connectivity index (χ1v) is 11.4. The molecule has 0 bridgehead atoms. The number of Topliss-reactive ketones (excluding diaryl/α,β-unsaturated/α-hetero) is 1. The largest absolute Gasteiger partial charge is 0.344 e. The smallest absolute Gasteiger partial charge is 0.191 e. The van der Waals surface area contributed by atoms with Gasteiger partial charge in [-0.25, -0.2) is 4.39 Å². The van der Waals surface area contributed by atoms with Crippen molar-refractivity contribution in [2.75, 3.05) is 5.75 Å². The van der Waals surface area contributed by atoms with Crippen LogP contribution in [0.4, 0.5) is 4.39 Å². The molecule has 0 aliphatic rings. The van der Waals surface area contributed by atoms with Crippen molar-refractivity contribution in [1.29, 1.82) is 0 Å². The maximum Gasteiger partial charge on any atom is 0.191 e. The number of aryl methyl sites for hydroxylation is 1. The monoisotopic (exact) mass is 449 g/mol. The average Bonchev–Trinajstić information content (AvgIpc) is 3.35. The first kappa shape index (κ1) is 22.0. The molecule has 3 heterocycles. The summed E-state index contributed by atoms with van der Waals surface area (Å²) < 4.78 is 17.3. The zero-order chi connectivity index (χ0) is 22.7. The van der Waals surface area contributed by atoms with Crippen LogP contribution in [0.5, 0.6) is 0 Å². The summed E-state index contributed by atoms with van der Waals surface area (Å²) in [6, 6.07) is 12.2. The fraction of sp³-hybridized carbons (Fsp3) is 0.250. The second-order valence-corrected chi connectivity index (χ2v) is 8.44. The van der Waals surface area contributed by atoms with E-state index in [0.717, 1.165) is 28.3 Å². The van der Waals surface area contributed by atoms with Gasteiger partial charge < -0.3 is 9.13 Å². The molecule has 0 spiro atoms. The number of ketones is 1. The lowest BCUT2D eigenvalue weighted by Crippen LogP contribution is -2.08. The van der Waals surface area contributed by atoms with Crippen molar-refractivity contribution in [1.82, 2.24) is 24.3 Å². The second-order valence-electron chi connectivity index (χ2n) is 7.50. The van der Waals surface area contributed by atoms with E-state index in [9.17, 15) is 9.18 Å². The highest BCUT2D eigenvalue weighted by Crippen LogP contribution is 2.25. The van der Waals surface area contributed by atoms with Crippen molar-refractivity contribution >= 4 is 17.5 Å². The van der Waals surface area contributed by atoms with Gasteiger partial charge >= 0.3 is 0 Å². The zero-order valence-corrected chi connectivity index (χ0v) is 19.1. The summed E-state index contributed by atoms with van der Waals surface area (Å²) in [6.45, 7) is 7.26. The summed E-state index contributed by atoms with van der Waals surface area (Å²) in [5.41, 5.74) is 4.54. The number of halogens is 1. The molecule has 164 valence electrons. The molecule has 0 aliphatic heterocycles. The number of hydrogen-bond acceptors (Lipinski definition) is 5. The predicted molar refractivity (Wildman–Crippen MR) is 123 cm³/mol. The molecular formula is C24H24FN5OS. The number of benzene rings is 1. The third-order valence-corrected chi connectivity index (χ3v) is 6.40. The molecule has 0 N–H and O–H groups in total. The minimum Gasteiger partial charge on any atom is -0.344 e. The average molecular weight is 450 g/mol. The van der Waals surface area contributed by atoms with E-state index >= 15 is 0 Å². The zero-order valence-electron chi connectivity index (χ0n) is 18.2. The van der Waals surface area contributed by atoms with E-state index in [1.807, 2.05) is 43.5 Å². The molecule has 8 heteroatoms. The first-order valence-electron chi connectivity index (χ1n) is 10.4. The van der Waals surface area contributed by atoms with Crippen molar-refractivity contribution < 1.29 is 9.18 Å². The van der Waals surface area contributed by atoms with Crippen molar-refractivity contribution in [3.63, 3.8) is 0 Å². The van der Waals surface area contributed by atoms with Crippen LogP contribution in [-0.4, -0.2) is 35.9 Å². The van der Waals surface area contributed by atoms with Gasteiger partial charge in [0.1, 0.15) is 5.82 Å². The van der Waals surface area contributed by atoms with Crippen LogP contribution in [0.3, 0.4) is 0 Å². The van der Waals surface area contributed by atoms with Gasteiger partial charge in [0.15, 0.2) is 16.8 Å². The SMILES string of the molecule is CCn1c(SCC(=O)c2cc(C)n(Cc3ccc(F)cc3)c2C)nnc1-c1ccncc1. The Morgan fingerprint density at radius 3 is 2.44 bits per heavy atom. The van der Waals surface area contributed by atoms with Crippen LogP contribution in [0.15, 0.2) is 60.0 Å². The molecule has 3 aromatic heterocycles. The summed E-state index contributed by atoms with van der Waals surface area (Å²) in [6.07, 6.45) is 3.45. The predicted octanol–water partition coefficient (Wildman–Crippen LogP) is 4.94. The molecule has 4 rings (SSSR count). The van der Waals surface area contributed by atoms with Gasteiger partial charge in [-0.15, -0.1) is 10.2 Å². The summed E-state index contributed by atoms with van der Waals surface area (Å²) in [7, 11) is 0. The van der Waals surface area contributed by atoms with Gasteiger partial charge in [0.05, 0.1) is 5.75 Å². The van der Waals surface area contributed by atoms with Crippen LogP contribution in [-0.2, 0) is 13.1 Å². The number of carbonyl (C=O) groups is 1. The summed E-state index contributed by atoms with van der Waals surface area (Å²) in [5, 5.41) is 9.34. The molecule has 0 fully saturated rings. The van der Waals surface area contributed by atoms with Gasteiger partial charge in [0.2, 0.25) is 0 Å². The highest BCUT2D eigenvalue weighted by molar-refractivity contribution is 7.99. The molecule has 4 aromatic rings. The van der Waals surface area contributed by atoms with Crippen molar-refractivity contribution in [3.8, 4) is 11.4 Å². The molecule has 1 aromatic carbocycles. The Morgan fingerprint density at radius 1 is 1.03 bits per heavy atom. The highest BCUT2D eigenvalue weighted by Gasteiger charge is 2.19. The number of thioether (sulfide) groups is 1. The maximum atomic E-state index is 13.2. The Kier molecular flexibility index (Phi) is 6.50. The molecule has 32 heavy (non-hydrogen) atoms. The Bertz CT molecular complexity index is 1230. The fourth-order valence-corrected chi connectivity index (χ4v) is 4.59. The fourth-order valence-electron chi connectivity index (χ4n) is 3.70. The lowest BCUT2D eigenvalue weighted by Gasteiger charge is -2.10. The number of carbonyl (C=O) groups excluding carboxylic acids is 1. The number of pyridine rings is 1. The summed E-state index contributed by atoms with van der Waals surface area (Å²) in [4.78, 5) is 17.1. The number of aromatic nitrogens is 5. The Labute approximate surface area is 190 Å². The van der Waals surface area contributed by atoms with Gasteiger partial charge in [0.25, 0.3) is 0 Å². The number of hydrogen-bond donors (Lipinski definition) is 0. The van der Waals surface area contributed by atoms with Gasteiger partial charge in [-0.2, -0.15) is 0 Å². The molecule has 0 unspecified atom stereocenters. The first-order chi connectivity index (χ1) is 15.5. The molecular weight excluding hydrogens is 425 g/mol. The molecule has 6 nitrogen and oxygen atoms in total. The quantitative estimate of drug-likeness (QED) is 0.282. The lowest BCUT2D eigenvalue weighted by atomic mass is 10.2. The van der Waals surface area contributed by atoms with Crippen LogP contribution in [0.1, 0.15) is 34.2 Å². The maximum absolute atomic E-state index is 13.2. The van der Waals surface area contributed by atoms with E-state index in [1.54, 1.807) is 24.5 Å². The van der Waals surface area contributed by atoms with E-state index in [2.05, 4.69) is 19.7 Å². The lowest BCUT2D eigenvalue weighted by molar-refractivity contribution is 0.102. The van der Waals surface area contributed by atoms with Crippen LogP contribution in [0, 0.1) is 19.7 Å². The van der Waals surface area contributed by atoms with E-state index < -0.39 is 0 Å². The highest BCUT2D eigenvalue weighted by atomic mass is 32.2. The third-order valence-electron chi connectivity index (χ3n) is 5.43. The molecule has 0 aliphatic carbocycles. The Hall–Kier alpha value is -3.26. The second kappa shape index (κ2) is 9.48. The van der Waals surface area contributed by atoms with E-state index in [0.29, 0.717) is 23.8 Å². The van der Waals surface area contributed by atoms with Crippen molar-refractivity contribution in [2.24, 2.45) is 0 Å². The normalized spacial score (nSPS) is 11.1. The summed E-state index contributed by atoms with van der Waals surface area (Å²) in [5.74, 6) is 0.830. The molecule has 0 saturated heterocycles. The number of rotatable bonds is 8. The number of nitrogens with zero attached hydrogens (tertiary/aromatic N) is 5. The van der Waals surface area contributed by atoms with Gasteiger partial charge in [-0.1, -0.05) is 23.9 Å². The minimum atomic E-state index is -0.255. The van der Waals surface area contributed by atoms with Crippen LogP contribution in [0.2, 0.25) is 0 Å². The van der Waals surface area contributed by atoms with Crippen LogP contribution < -0.4 is 0 Å². The summed E-state index contributed by atoms with van der Waals surface area (Å²) >= 11 is 1.39. The standard InChI is InChI=1S/C24H24FN5OS/c1-4-29-23(19-9-11-26-12-10-19)27-28-24(29)32-15-22(31)21-13-16(2)30(17(21)3)14-18-5-7-20(25)8-6-18/h5-13H,4,14-15H2,1-3H3. The minimum absolute atomic E-state index is 0.0459. The van der Waals surface area contributed by atoms with Crippen LogP contribution >= 0.6 is 11.8 Å². The van der Waals surface area contributed by atoms with E-state index in [-0.39, 0.29) is 17.4 Å². The van der Waals surface area contributed by atoms with Crippen molar-refractivity contribution in [3.05, 3.63) is 83.2 Å². The van der Waals surface area contributed by atoms with Gasteiger partial charge in [0, 0.05) is 48.0 Å². The van der Waals surface area contributed by atoms with Gasteiger partial charge in [-0.05, 0) is 56.7 Å². The molecule has 0 saturated carbocycles. The Balaban J connectivity index is 1.49. The van der Waals surface area contributed by atoms with E-state index in [1.165, 1.54) is 23.9 Å². The molecule has 0 atom stereocenters. The topological polar surface area (TPSA) is 65.6 Å². The van der Waals surface area contributed by atoms with Crippen molar-refractivity contribution in [2.45, 2.75) is 39.0 Å². The third kappa shape index (κ3) is 4.50. The van der Waals surface area contributed by atoms with Gasteiger partial charge in [-0.3, -0.25) is 9.78 Å². The van der Waals surface area contributed by atoms with Crippen LogP contribution in [0.25, 0.3) is 11.4 Å². The Morgan fingerprint density at radius 2 is 1.75 bits per heavy atom.